The Morgan fingerprint density at radius 3 is 2.08 bits per heavy atom. The van der Waals surface area contributed by atoms with Gasteiger partial charge in [0.05, 0.1) is 0 Å². The van der Waals surface area contributed by atoms with Gasteiger partial charge in [0.15, 0.2) is 0 Å². The van der Waals surface area contributed by atoms with Crippen molar-refractivity contribution in [1.82, 2.24) is 0 Å². The normalized spacial score (nSPS) is 13.2. The van der Waals surface area contributed by atoms with E-state index in [1.54, 1.807) is 5.66 Å². The number of hydrogen-bond acceptors (Lipinski definition) is 0. The summed E-state index contributed by atoms with van der Waals surface area (Å²) in [5, 5.41) is 0. The number of allylic oxidation sites excluding steroid dienone is 2. The van der Waals surface area contributed by atoms with E-state index in [0.29, 0.717) is 5.41 Å². The summed E-state index contributed by atoms with van der Waals surface area (Å²) in [5.74, 6) is 0. The molecule has 0 fully saturated rings. The van der Waals surface area contributed by atoms with Crippen molar-refractivity contribution in [2.75, 3.05) is 6.16 Å². The van der Waals surface area contributed by atoms with Gasteiger partial charge in [0.1, 0.15) is 0 Å². The molecule has 0 aromatic heterocycles. The molecule has 0 bridgehead atoms. The third-order valence-electron chi connectivity index (χ3n) is 1.19. The van der Waals surface area contributed by atoms with Gasteiger partial charge in [0.2, 0.25) is 0 Å². The zero-order chi connectivity index (χ0) is 8.91. The van der Waals surface area contributed by atoms with Crippen molar-refractivity contribution in [3.05, 3.63) is 17.8 Å². The topological polar surface area (TPSA) is 0 Å². The summed E-state index contributed by atoms with van der Waals surface area (Å²) in [6.07, 6.45) is 5.81. The van der Waals surface area contributed by atoms with Crippen LogP contribution in [0, 0.1) is 11.1 Å². The molecule has 0 N–H and O–H groups in total. The molecule has 1 unspecified atom stereocenters. The average molecular weight is 355 g/mol. The standard InChI is InChI=1S/C10H20P.W/c1-9(2)11-8-6-7-10(3,4)5;/h6-7,11H,8H2,1-5H3;/q-1;/b7-6+;. The second kappa shape index (κ2) is 7.28. The first-order valence-electron chi connectivity index (χ1n) is 4.13. The maximum absolute atomic E-state index is 2.30. The average Bonchev–Trinajstić information content (AvgIpc) is 1.78. The van der Waals surface area contributed by atoms with Crippen LogP contribution in [-0.2, 0) is 21.1 Å². The molecule has 0 nitrogen and oxygen atoms in total. The van der Waals surface area contributed by atoms with Gasteiger partial charge in [-0.2, -0.15) is 13.8 Å². The summed E-state index contributed by atoms with van der Waals surface area (Å²) in [6.45, 7) is 11.1. The molecule has 0 rings (SSSR count). The molecule has 0 aliphatic carbocycles. The minimum Gasteiger partial charge on any atom is -0.296 e. The fourth-order valence-corrected chi connectivity index (χ4v) is 1.32. The minimum absolute atomic E-state index is 0. The molecule has 0 aliphatic rings. The SMILES string of the molecule is C[C-](C)PC/C=C/C(C)(C)C.[W]. The molecule has 1 atom stereocenters. The summed E-state index contributed by atoms with van der Waals surface area (Å²) >= 11 is 0. The molecule has 0 spiro atoms. The molecule has 12 heavy (non-hydrogen) atoms. The van der Waals surface area contributed by atoms with E-state index in [9.17, 15) is 0 Å². The van der Waals surface area contributed by atoms with Gasteiger partial charge in [-0.3, -0.25) is 14.2 Å². The third-order valence-corrected chi connectivity index (χ3v) is 2.34. The van der Waals surface area contributed by atoms with Crippen LogP contribution in [0.25, 0.3) is 0 Å². The van der Waals surface area contributed by atoms with Crippen molar-refractivity contribution in [2.24, 2.45) is 5.41 Å². The van der Waals surface area contributed by atoms with Gasteiger partial charge >= 0.3 is 0 Å². The fraction of sp³-hybridized carbons (Fsp3) is 0.700. The van der Waals surface area contributed by atoms with E-state index in [2.05, 4.69) is 46.8 Å². The van der Waals surface area contributed by atoms with Gasteiger partial charge in [-0.1, -0.05) is 32.9 Å². The Balaban J connectivity index is 0. The predicted octanol–water partition coefficient (Wildman–Crippen LogP) is 3.84. The maximum atomic E-state index is 2.30. The van der Waals surface area contributed by atoms with Crippen molar-refractivity contribution in [2.45, 2.75) is 34.6 Å². The van der Waals surface area contributed by atoms with E-state index in [0.717, 1.165) is 8.58 Å². The van der Waals surface area contributed by atoms with Crippen molar-refractivity contribution in [1.29, 1.82) is 0 Å². The van der Waals surface area contributed by atoms with Crippen LogP contribution < -0.4 is 0 Å². The van der Waals surface area contributed by atoms with Crippen LogP contribution in [0.2, 0.25) is 0 Å². The molecule has 0 radical (unpaired) electrons. The molecule has 0 saturated carbocycles. The molecule has 0 heterocycles. The van der Waals surface area contributed by atoms with Gasteiger partial charge in [-0.05, 0) is 11.6 Å². The van der Waals surface area contributed by atoms with Gasteiger partial charge in [0, 0.05) is 21.1 Å². The first-order valence-corrected chi connectivity index (χ1v) is 5.34. The molecule has 0 amide bonds. The minimum atomic E-state index is 0. The largest absolute Gasteiger partial charge is 0.296 e. The van der Waals surface area contributed by atoms with Crippen LogP contribution in [0.1, 0.15) is 34.6 Å². The molecule has 72 valence electrons. The molecule has 0 saturated heterocycles. The zero-order valence-electron chi connectivity index (χ0n) is 8.77. The van der Waals surface area contributed by atoms with Crippen molar-refractivity contribution in [3.63, 3.8) is 0 Å². The Labute approximate surface area is 93.6 Å². The number of rotatable bonds is 3. The quantitative estimate of drug-likeness (QED) is 0.410. The van der Waals surface area contributed by atoms with E-state index in [1.165, 1.54) is 6.16 Å². The van der Waals surface area contributed by atoms with Crippen LogP contribution in [0.4, 0.5) is 0 Å². The summed E-state index contributed by atoms with van der Waals surface area (Å²) in [7, 11) is 1.00. The maximum Gasteiger partial charge on any atom is 0 e. The number of hydrogen-bond donors (Lipinski definition) is 0. The molecular weight excluding hydrogens is 335 g/mol. The second-order valence-electron chi connectivity index (χ2n) is 4.15. The van der Waals surface area contributed by atoms with E-state index < -0.39 is 0 Å². The molecule has 0 aromatic rings. The Bertz CT molecular complexity index is 122. The van der Waals surface area contributed by atoms with Gasteiger partial charge in [-0.15, -0.1) is 0 Å². The van der Waals surface area contributed by atoms with Gasteiger partial charge in [-0.25, -0.2) is 0 Å². The molecular formula is C10H20PW-. The van der Waals surface area contributed by atoms with Gasteiger partial charge < -0.3 is 0 Å². The van der Waals surface area contributed by atoms with Crippen molar-refractivity contribution < 1.29 is 21.1 Å². The second-order valence-corrected chi connectivity index (χ2v) is 5.91. The van der Waals surface area contributed by atoms with E-state index >= 15 is 0 Å². The van der Waals surface area contributed by atoms with E-state index in [-0.39, 0.29) is 21.1 Å². The third kappa shape index (κ3) is 13.4. The van der Waals surface area contributed by atoms with Crippen molar-refractivity contribution >= 4 is 8.58 Å². The zero-order valence-corrected chi connectivity index (χ0v) is 12.7. The first-order chi connectivity index (χ1) is 4.92. The monoisotopic (exact) mass is 355 g/mol. The van der Waals surface area contributed by atoms with Crippen LogP contribution in [0.5, 0.6) is 0 Å². The summed E-state index contributed by atoms with van der Waals surface area (Å²) in [4.78, 5) is 0. The summed E-state index contributed by atoms with van der Waals surface area (Å²) < 4.78 is 0. The Kier molecular flexibility index (Phi) is 9.30. The Morgan fingerprint density at radius 2 is 1.75 bits per heavy atom. The van der Waals surface area contributed by atoms with E-state index in [1.807, 2.05) is 0 Å². The summed E-state index contributed by atoms with van der Waals surface area (Å²) in [5.41, 5.74) is 1.90. The van der Waals surface area contributed by atoms with Crippen LogP contribution in [0.15, 0.2) is 12.2 Å². The van der Waals surface area contributed by atoms with Crippen LogP contribution >= 0.6 is 8.58 Å². The summed E-state index contributed by atoms with van der Waals surface area (Å²) in [6, 6.07) is 0. The Hall–Kier alpha value is 0.858. The van der Waals surface area contributed by atoms with Gasteiger partial charge in [0.25, 0.3) is 0 Å². The van der Waals surface area contributed by atoms with Crippen LogP contribution in [0.3, 0.4) is 0 Å². The molecule has 0 aromatic carbocycles. The van der Waals surface area contributed by atoms with Crippen LogP contribution in [-0.4, -0.2) is 6.16 Å². The first kappa shape index (κ1) is 15.3. The van der Waals surface area contributed by atoms with E-state index in [4.69, 9.17) is 0 Å². The van der Waals surface area contributed by atoms with Crippen molar-refractivity contribution in [3.8, 4) is 0 Å². The fourth-order valence-electron chi connectivity index (χ4n) is 0.676. The predicted molar refractivity (Wildman–Crippen MR) is 56.4 cm³/mol. The molecule has 2 heteroatoms. The molecule has 0 aliphatic heterocycles. The smallest absolute Gasteiger partial charge is 0 e. The Morgan fingerprint density at radius 1 is 1.25 bits per heavy atom.